The smallest absolute Gasteiger partial charge is 0.256 e. The Morgan fingerprint density at radius 1 is 1.03 bits per heavy atom. The number of nitrogens with one attached hydrogen (secondary N) is 1. The van der Waals surface area contributed by atoms with Gasteiger partial charge in [0.15, 0.2) is 0 Å². The molecule has 4 aromatic rings. The van der Waals surface area contributed by atoms with Crippen molar-refractivity contribution in [1.29, 1.82) is 0 Å². The molecule has 0 saturated carbocycles. The van der Waals surface area contributed by atoms with Crippen LogP contribution in [0.15, 0.2) is 55.2 Å². The van der Waals surface area contributed by atoms with Gasteiger partial charge in [-0.2, -0.15) is 5.10 Å². The minimum absolute atomic E-state index is 0.201. The fourth-order valence-corrected chi connectivity index (χ4v) is 3.89. The van der Waals surface area contributed by atoms with Gasteiger partial charge in [-0.05, 0) is 50.2 Å². The first-order valence-corrected chi connectivity index (χ1v) is 10.4. The normalized spacial score (nSPS) is 14.2. The summed E-state index contributed by atoms with van der Waals surface area (Å²) >= 11 is 0. The first kappa shape index (κ1) is 19.3. The van der Waals surface area contributed by atoms with Crippen LogP contribution in [0.3, 0.4) is 0 Å². The molecule has 0 atom stereocenters. The van der Waals surface area contributed by atoms with Gasteiger partial charge in [0.2, 0.25) is 0 Å². The number of pyridine rings is 3. The van der Waals surface area contributed by atoms with Gasteiger partial charge < -0.3 is 5.32 Å². The molecular formula is C23H23N7O. The van der Waals surface area contributed by atoms with Crippen LogP contribution >= 0.6 is 0 Å². The molecule has 1 aliphatic rings. The first-order valence-electron chi connectivity index (χ1n) is 10.4. The molecule has 4 aromatic heterocycles. The first-order chi connectivity index (χ1) is 15.1. The summed E-state index contributed by atoms with van der Waals surface area (Å²) in [5.74, 6) is 0.286. The zero-order valence-corrected chi connectivity index (χ0v) is 17.3. The molecule has 1 N–H and O–H groups in total. The number of nitrogens with zero attached hydrogens (tertiary/aromatic N) is 6. The average Bonchev–Trinajstić information content (AvgIpc) is 3.45. The van der Waals surface area contributed by atoms with E-state index in [0.29, 0.717) is 11.4 Å². The molecular weight excluding hydrogens is 390 g/mol. The Hall–Kier alpha value is -3.65. The molecule has 156 valence electrons. The van der Waals surface area contributed by atoms with E-state index in [4.69, 9.17) is 0 Å². The maximum absolute atomic E-state index is 12.8. The molecule has 1 aliphatic heterocycles. The molecule has 1 amide bonds. The third kappa shape index (κ3) is 4.29. The highest BCUT2D eigenvalue weighted by Gasteiger charge is 2.14. The fourth-order valence-electron chi connectivity index (χ4n) is 3.89. The van der Waals surface area contributed by atoms with Gasteiger partial charge in [-0.25, -0.2) is 4.98 Å². The molecule has 0 unspecified atom stereocenters. The van der Waals surface area contributed by atoms with Gasteiger partial charge in [-0.1, -0.05) is 0 Å². The van der Waals surface area contributed by atoms with Gasteiger partial charge >= 0.3 is 0 Å². The molecule has 0 spiro atoms. The SMILES string of the molecule is Cn1cc(-c2cnc3cnc(NC(=O)c4ccnc(CN5CCCC5)c4)cc3c2)cn1. The summed E-state index contributed by atoms with van der Waals surface area (Å²) < 4.78 is 1.75. The van der Waals surface area contributed by atoms with Gasteiger partial charge in [0.1, 0.15) is 5.82 Å². The van der Waals surface area contributed by atoms with E-state index in [2.05, 4.69) is 30.3 Å². The van der Waals surface area contributed by atoms with Gasteiger partial charge in [0.25, 0.3) is 5.91 Å². The summed E-state index contributed by atoms with van der Waals surface area (Å²) in [6, 6.07) is 7.45. The van der Waals surface area contributed by atoms with Crippen molar-refractivity contribution >= 4 is 22.6 Å². The Morgan fingerprint density at radius 2 is 1.90 bits per heavy atom. The number of carbonyl (C=O) groups is 1. The lowest BCUT2D eigenvalue weighted by Gasteiger charge is -2.14. The zero-order valence-electron chi connectivity index (χ0n) is 17.3. The highest BCUT2D eigenvalue weighted by Crippen LogP contribution is 2.23. The number of hydrogen-bond acceptors (Lipinski definition) is 6. The topological polar surface area (TPSA) is 88.8 Å². The molecule has 0 aliphatic carbocycles. The molecule has 31 heavy (non-hydrogen) atoms. The van der Waals surface area contributed by atoms with Crippen molar-refractivity contribution in [2.75, 3.05) is 18.4 Å². The predicted molar refractivity (Wildman–Crippen MR) is 118 cm³/mol. The summed E-state index contributed by atoms with van der Waals surface area (Å²) in [6.45, 7) is 2.96. The molecule has 0 bridgehead atoms. The highest BCUT2D eigenvalue weighted by atomic mass is 16.1. The Bertz CT molecular complexity index is 1240. The van der Waals surface area contributed by atoms with Crippen LogP contribution in [-0.2, 0) is 13.6 Å². The van der Waals surface area contributed by atoms with Crippen molar-refractivity contribution in [2.24, 2.45) is 7.05 Å². The van der Waals surface area contributed by atoms with Crippen LogP contribution in [0.5, 0.6) is 0 Å². The van der Waals surface area contributed by atoms with Crippen LogP contribution in [0.2, 0.25) is 0 Å². The van der Waals surface area contributed by atoms with Gasteiger partial charge in [0.05, 0.1) is 23.6 Å². The van der Waals surface area contributed by atoms with Crippen molar-refractivity contribution in [3.8, 4) is 11.1 Å². The molecule has 5 rings (SSSR count). The second-order valence-corrected chi connectivity index (χ2v) is 7.86. The molecule has 0 radical (unpaired) electrons. The Kier molecular flexibility index (Phi) is 5.13. The minimum Gasteiger partial charge on any atom is -0.307 e. The fraction of sp³-hybridized carbons (Fsp3) is 0.261. The number of likely N-dealkylation sites (tertiary alicyclic amines) is 1. The quantitative estimate of drug-likeness (QED) is 0.540. The molecule has 5 heterocycles. The number of fused-ring (bicyclic) bond motifs is 1. The summed E-state index contributed by atoms with van der Waals surface area (Å²) in [5, 5.41) is 8.01. The van der Waals surface area contributed by atoms with E-state index in [0.717, 1.165) is 47.4 Å². The number of carbonyl (C=O) groups excluding carboxylic acids is 1. The van der Waals surface area contributed by atoms with Gasteiger partial charge in [0, 0.05) is 54.3 Å². The number of anilines is 1. The second-order valence-electron chi connectivity index (χ2n) is 7.86. The van der Waals surface area contributed by atoms with E-state index in [1.165, 1.54) is 12.8 Å². The molecule has 0 aromatic carbocycles. The lowest BCUT2D eigenvalue weighted by atomic mass is 10.1. The van der Waals surface area contributed by atoms with E-state index < -0.39 is 0 Å². The monoisotopic (exact) mass is 413 g/mol. The zero-order chi connectivity index (χ0) is 21.2. The lowest BCUT2D eigenvalue weighted by Crippen LogP contribution is -2.20. The maximum atomic E-state index is 12.8. The summed E-state index contributed by atoms with van der Waals surface area (Å²) in [4.78, 5) is 28.4. The van der Waals surface area contributed by atoms with E-state index in [1.807, 2.05) is 31.4 Å². The van der Waals surface area contributed by atoms with Crippen LogP contribution in [-0.4, -0.2) is 48.6 Å². The van der Waals surface area contributed by atoms with Crippen molar-refractivity contribution in [3.63, 3.8) is 0 Å². The second kappa shape index (κ2) is 8.23. The van der Waals surface area contributed by atoms with Crippen LogP contribution < -0.4 is 5.32 Å². The van der Waals surface area contributed by atoms with Gasteiger partial charge in [-0.15, -0.1) is 0 Å². The number of aryl methyl sites for hydroxylation is 1. The van der Waals surface area contributed by atoms with Crippen LogP contribution in [0.1, 0.15) is 28.9 Å². The van der Waals surface area contributed by atoms with Crippen molar-refractivity contribution in [1.82, 2.24) is 29.6 Å². The molecule has 1 saturated heterocycles. The van der Waals surface area contributed by atoms with E-state index in [9.17, 15) is 4.79 Å². The maximum Gasteiger partial charge on any atom is 0.256 e. The van der Waals surface area contributed by atoms with E-state index in [1.54, 1.807) is 35.5 Å². The van der Waals surface area contributed by atoms with E-state index >= 15 is 0 Å². The van der Waals surface area contributed by atoms with Crippen molar-refractivity contribution < 1.29 is 4.79 Å². The average molecular weight is 413 g/mol. The summed E-state index contributed by atoms with van der Waals surface area (Å²) in [7, 11) is 1.88. The van der Waals surface area contributed by atoms with Crippen LogP contribution in [0, 0.1) is 0 Å². The third-order valence-electron chi connectivity index (χ3n) is 5.51. The third-order valence-corrected chi connectivity index (χ3v) is 5.51. The highest BCUT2D eigenvalue weighted by molar-refractivity contribution is 6.04. The Labute approximate surface area is 180 Å². The largest absolute Gasteiger partial charge is 0.307 e. The molecule has 8 heteroatoms. The minimum atomic E-state index is -0.201. The summed E-state index contributed by atoms with van der Waals surface area (Å²) in [5.41, 5.74) is 4.20. The number of rotatable bonds is 5. The van der Waals surface area contributed by atoms with E-state index in [-0.39, 0.29) is 5.91 Å². The predicted octanol–water partition coefficient (Wildman–Crippen LogP) is 3.27. The number of hydrogen-bond donors (Lipinski definition) is 1. The Balaban J connectivity index is 1.35. The number of aromatic nitrogens is 5. The lowest BCUT2D eigenvalue weighted by molar-refractivity contribution is 0.102. The number of amides is 1. The standard InChI is InChI=1S/C23H23N7O/c1-29-14-19(12-27-29)18-8-17-10-22(26-13-21(17)25-11-18)28-23(31)16-4-5-24-20(9-16)15-30-6-2-3-7-30/h4-5,8-14H,2-3,6-7,15H2,1H3,(H,26,28,31). The molecule has 8 nitrogen and oxygen atoms in total. The van der Waals surface area contributed by atoms with Gasteiger partial charge in [-0.3, -0.25) is 24.3 Å². The van der Waals surface area contributed by atoms with Crippen LogP contribution in [0.4, 0.5) is 5.82 Å². The van der Waals surface area contributed by atoms with Crippen molar-refractivity contribution in [2.45, 2.75) is 19.4 Å². The van der Waals surface area contributed by atoms with Crippen molar-refractivity contribution in [3.05, 3.63) is 66.5 Å². The Morgan fingerprint density at radius 3 is 2.71 bits per heavy atom. The van der Waals surface area contributed by atoms with Crippen LogP contribution in [0.25, 0.3) is 22.0 Å². The molecule has 1 fully saturated rings. The summed E-state index contributed by atoms with van der Waals surface area (Å²) in [6.07, 6.45) is 11.4.